The third-order valence-corrected chi connectivity index (χ3v) is 5.66. The molecule has 0 radical (unpaired) electrons. The Labute approximate surface area is 163 Å². The van der Waals surface area contributed by atoms with Crippen molar-refractivity contribution in [1.82, 2.24) is 14.9 Å². The number of rotatable bonds is 2. The Hall–Kier alpha value is -2.37. The van der Waals surface area contributed by atoms with Crippen LogP contribution in [0.15, 0.2) is 47.3 Å². The fourth-order valence-electron chi connectivity index (χ4n) is 4.40. The average molecular weight is 384 g/mol. The van der Waals surface area contributed by atoms with Gasteiger partial charge in [0.05, 0.1) is 12.8 Å². The van der Waals surface area contributed by atoms with Gasteiger partial charge in [-0.3, -0.25) is 4.79 Å². The summed E-state index contributed by atoms with van der Waals surface area (Å²) in [5, 5.41) is 4.53. The number of para-hydroxylation sites is 1. The summed E-state index contributed by atoms with van der Waals surface area (Å²) in [5.41, 5.74) is 3.74. The quantitative estimate of drug-likeness (QED) is 0.738. The number of nitrogens with one attached hydrogen (secondary N) is 1. The third kappa shape index (κ3) is 3.01. The van der Waals surface area contributed by atoms with Crippen molar-refractivity contribution >= 4 is 23.3 Å². The zero-order valence-electron chi connectivity index (χ0n) is 15.1. The molecule has 2 aromatic heterocycles. The molecule has 2 bridgehead atoms. The molecule has 5 nitrogen and oxygen atoms in total. The van der Waals surface area contributed by atoms with Crippen LogP contribution < -0.4 is 15.6 Å². The monoisotopic (exact) mass is 383 g/mol. The summed E-state index contributed by atoms with van der Waals surface area (Å²) >= 11 is 0. The van der Waals surface area contributed by atoms with E-state index in [-0.39, 0.29) is 18.0 Å². The lowest BCUT2D eigenvalue weighted by molar-refractivity contribution is 0.257. The minimum atomic E-state index is 0. The van der Waals surface area contributed by atoms with Crippen molar-refractivity contribution in [2.45, 2.75) is 18.9 Å². The molecule has 0 amide bonds. The Kier molecular flexibility index (Phi) is 4.66. The van der Waals surface area contributed by atoms with Gasteiger partial charge in [0.1, 0.15) is 11.3 Å². The molecular formula is C21H22ClN3O2. The number of ether oxygens (including phenoxy) is 1. The zero-order valence-corrected chi connectivity index (χ0v) is 16.0. The lowest BCUT2D eigenvalue weighted by Gasteiger charge is -2.37. The number of methoxy groups -OCH3 is 1. The molecule has 2 aliphatic heterocycles. The summed E-state index contributed by atoms with van der Waals surface area (Å²) in [5.74, 6) is 1.72. The number of pyridine rings is 2. The maximum atomic E-state index is 12.8. The SMILES string of the molecule is COc1cccc2ccc(-c3cc4n(c(=O)c3)C[C@@H]3CNC[C@H]4C3)nc12.Cl. The Bertz CT molecular complexity index is 1060. The second-order valence-electron chi connectivity index (χ2n) is 7.30. The molecule has 1 N–H and O–H groups in total. The van der Waals surface area contributed by atoms with Crippen LogP contribution in [0.3, 0.4) is 0 Å². The minimum absolute atomic E-state index is 0. The first-order valence-corrected chi connectivity index (χ1v) is 9.12. The first kappa shape index (κ1) is 18.0. The van der Waals surface area contributed by atoms with Gasteiger partial charge in [0.15, 0.2) is 0 Å². The summed E-state index contributed by atoms with van der Waals surface area (Å²) in [7, 11) is 1.65. The molecule has 1 aromatic carbocycles. The molecule has 4 heterocycles. The van der Waals surface area contributed by atoms with Crippen LogP contribution in [0.5, 0.6) is 5.75 Å². The molecule has 6 heteroatoms. The van der Waals surface area contributed by atoms with Crippen molar-refractivity contribution in [3.63, 3.8) is 0 Å². The average Bonchev–Trinajstić information content (AvgIpc) is 2.68. The topological polar surface area (TPSA) is 56.1 Å². The number of fused-ring (bicyclic) bond motifs is 5. The molecule has 1 fully saturated rings. The second-order valence-corrected chi connectivity index (χ2v) is 7.30. The Morgan fingerprint density at radius 2 is 2.07 bits per heavy atom. The van der Waals surface area contributed by atoms with Crippen LogP contribution in [0, 0.1) is 5.92 Å². The fourth-order valence-corrected chi connectivity index (χ4v) is 4.40. The fraction of sp³-hybridized carbons (Fsp3) is 0.333. The molecule has 2 aliphatic rings. The van der Waals surface area contributed by atoms with Gasteiger partial charge in [-0.2, -0.15) is 0 Å². The molecule has 140 valence electrons. The predicted molar refractivity (Wildman–Crippen MR) is 109 cm³/mol. The normalized spacial score (nSPS) is 20.6. The van der Waals surface area contributed by atoms with Gasteiger partial charge in [0.25, 0.3) is 5.56 Å². The smallest absolute Gasteiger partial charge is 0.251 e. The minimum Gasteiger partial charge on any atom is -0.494 e. The van der Waals surface area contributed by atoms with E-state index >= 15 is 0 Å². The molecule has 0 spiro atoms. The maximum Gasteiger partial charge on any atom is 0.251 e. The lowest BCUT2D eigenvalue weighted by Crippen LogP contribution is -2.44. The summed E-state index contributed by atoms with van der Waals surface area (Å²) in [6.07, 6.45) is 1.16. The van der Waals surface area contributed by atoms with Crippen molar-refractivity contribution < 1.29 is 4.74 Å². The van der Waals surface area contributed by atoms with Crippen LogP contribution in [0.4, 0.5) is 0 Å². The molecular weight excluding hydrogens is 362 g/mol. The van der Waals surface area contributed by atoms with Gasteiger partial charge in [-0.05, 0) is 37.1 Å². The first-order chi connectivity index (χ1) is 12.7. The lowest BCUT2D eigenvalue weighted by atomic mass is 9.83. The number of nitrogens with zero attached hydrogens (tertiary/aromatic N) is 2. The van der Waals surface area contributed by atoms with E-state index in [0.29, 0.717) is 11.8 Å². The third-order valence-electron chi connectivity index (χ3n) is 5.66. The van der Waals surface area contributed by atoms with Crippen molar-refractivity contribution in [2.24, 2.45) is 5.92 Å². The summed E-state index contributed by atoms with van der Waals surface area (Å²) in [4.78, 5) is 17.6. The number of hydrogen-bond donors (Lipinski definition) is 1. The highest BCUT2D eigenvalue weighted by Crippen LogP contribution is 2.34. The van der Waals surface area contributed by atoms with E-state index in [1.54, 1.807) is 13.2 Å². The number of piperidine rings is 1. The van der Waals surface area contributed by atoms with Gasteiger partial charge in [-0.15, -0.1) is 12.4 Å². The van der Waals surface area contributed by atoms with E-state index < -0.39 is 0 Å². The van der Waals surface area contributed by atoms with Gasteiger partial charge < -0.3 is 14.6 Å². The molecule has 27 heavy (non-hydrogen) atoms. The maximum absolute atomic E-state index is 12.8. The first-order valence-electron chi connectivity index (χ1n) is 9.12. The molecule has 0 aliphatic carbocycles. The van der Waals surface area contributed by atoms with Gasteiger partial charge in [-0.1, -0.05) is 18.2 Å². The van der Waals surface area contributed by atoms with E-state index in [0.717, 1.165) is 59.7 Å². The number of hydrogen-bond acceptors (Lipinski definition) is 4. The highest BCUT2D eigenvalue weighted by Gasteiger charge is 2.31. The van der Waals surface area contributed by atoms with E-state index in [9.17, 15) is 4.79 Å². The van der Waals surface area contributed by atoms with Gasteiger partial charge >= 0.3 is 0 Å². The van der Waals surface area contributed by atoms with E-state index in [4.69, 9.17) is 9.72 Å². The Balaban J connectivity index is 0.00000180. The summed E-state index contributed by atoms with van der Waals surface area (Å²) < 4.78 is 7.41. The highest BCUT2D eigenvalue weighted by molar-refractivity contribution is 5.86. The van der Waals surface area contributed by atoms with Crippen LogP contribution >= 0.6 is 12.4 Å². The van der Waals surface area contributed by atoms with Crippen LogP contribution in [0.2, 0.25) is 0 Å². The number of aromatic nitrogens is 2. The molecule has 0 unspecified atom stereocenters. The number of halogens is 1. The summed E-state index contributed by atoms with van der Waals surface area (Å²) in [6.45, 7) is 2.77. The molecule has 0 saturated carbocycles. The second kappa shape index (κ2) is 6.98. The molecule has 3 aromatic rings. The van der Waals surface area contributed by atoms with E-state index in [2.05, 4.69) is 11.4 Å². The number of benzene rings is 1. The zero-order chi connectivity index (χ0) is 17.7. The molecule has 2 atom stereocenters. The van der Waals surface area contributed by atoms with Gasteiger partial charge in [0, 0.05) is 41.7 Å². The van der Waals surface area contributed by atoms with Crippen molar-refractivity contribution in [3.8, 4) is 17.0 Å². The van der Waals surface area contributed by atoms with Crippen molar-refractivity contribution in [1.29, 1.82) is 0 Å². The van der Waals surface area contributed by atoms with Crippen LogP contribution in [0.1, 0.15) is 18.0 Å². The van der Waals surface area contributed by atoms with Gasteiger partial charge in [0.2, 0.25) is 0 Å². The Morgan fingerprint density at radius 3 is 2.93 bits per heavy atom. The van der Waals surface area contributed by atoms with Crippen LogP contribution in [-0.4, -0.2) is 29.8 Å². The highest BCUT2D eigenvalue weighted by atomic mass is 35.5. The van der Waals surface area contributed by atoms with Crippen molar-refractivity contribution in [2.75, 3.05) is 20.2 Å². The van der Waals surface area contributed by atoms with E-state index in [1.807, 2.05) is 34.9 Å². The van der Waals surface area contributed by atoms with E-state index in [1.165, 1.54) is 0 Å². The van der Waals surface area contributed by atoms with Crippen LogP contribution in [-0.2, 0) is 6.54 Å². The molecule has 1 saturated heterocycles. The van der Waals surface area contributed by atoms with Gasteiger partial charge in [-0.25, -0.2) is 4.98 Å². The Morgan fingerprint density at radius 1 is 1.19 bits per heavy atom. The predicted octanol–water partition coefficient (Wildman–Crippen LogP) is 3.20. The van der Waals surface area contributed by atoms with Crippen molar-refractivity contribution in [3.05, 3.63) is 58.5 Å². The summed E-state index contributed by atoms with van der Waals surface area (Å²) in [6, 6.07) is 13.8. The largest absolute Gasteiger partial charge is 0.494 e. The van der Waals surface area contributed by atoms with Crippen LogP contribution in [0.25, 0.3) is 22.2 Å². The standard InChI is InChI=1S/C21H21N3O2.ClH/c1-26-19-4-2-3-14-5-6-17(23-21(14)19)15-8-18-16-7-13(10-22-11-16)12-24(18)20(25)9-15;/h2-6,8-9,13,16,22H,7,10-12H2,1H3;1H/t13-,16+;/m0./s1. The molecule has 5 rings (SSSR count).